The van der Waals surface area contributed by atoms with Crippen LogP contribution in [0.3, 0.4) is 0 Å². The second kappa shape index (κ2) is 9.07. The Kier molecular flexibility index (Phi) is 8.53. The zero-order valence-corrected chi connectivity index (χ0v) is 10.3. The summed E-state index contributed by atoms with van der Waals surface area (Å²) in [5.74, 6) is -0.737. The molecule has 1 aromatic rings. The summed E-state index contributed by atoms with van der Waals surface area (Å²) in [4.78, 5) is 10.2. The quantitative estimate of drug-likeness (QED) is 0.778. The lowest BCUT2D eigenvalue weighted by Crippen LogP contribution is -2.09. The largest absolute Gasteiger partial charge is 0.480 e. The fourth-order valence-corrected chi connectivity index (χ4v) is 1.19. The summed E-state index contributed by atoms with van der Waals surface area (Å²) in [7, 11) is 0. The summed E-state index contributed by atoms with van der Waals surface area (Å²) in [6.07, 6.45) is 0. The van der Waals surface area contributed by atoms with E-state index in [-0.39, 0.29) is 13.2 Å². The van der Waals surface area contributed by atoms with Crippen molar-refractivity contribution in [3.63, 3.8) is 0 Å². The first kappa shape index (κ1) is 16.0. The molecule has 96 valence electrons. The molecule has 0 bridgehead atoms. The molecule has 0 saturated carbocycles. The molecule has 0 spiro atoms. The molecule has 1 rings (SSSR count). The van der Waals surface area contributed by atoms with Crippen LogP contribution in [0.25, 0.3) is 0 Å². The number of halogens is 2. The van der Waals surface area contributed by atoms with Gasteiger partial charge >= 0.3 is 5.97 Å². The highest BCUT2D eigenvalue weighted by Gasteiger charge is 2.04. The van der Waals surface area contributed by atoms with Gasteiger partial charge in [0.15, 0.2) is 6.61 Å². The van der Waals surface area contributed by atoms with Crippen molar-refractivity contribution in [1.29, 1.82) is 0 Å². The summed E-state index contributed by atoms with van der Waals surface area (Å²) < 4.78 is 4.86. The van der Waals surface area contributed by atoms with E-state index in [2.05, 4.69) is 0 Å². The van der Waals surface area contributed by atoms with Gasteiger partial charge in [0, 0.05) is 5.02 Å². The van der Waals surface area contributed by atoms with Gasteiger partial charge in [-0.2, -0.15) is 0 Å². The van der Waals surface area contributed by atoms with Gasteiger partial charge in [-0.1, -0.05) is 23.2 Å². The molecule has 0 amide bonds. The zero-order valence-electron chi connectivity index (χ0n) is 8.77. The van der Waals surface area contributed by atoms with Gasteiger partial charge in [0.25, 0.3) is 0 Å². The third kappa shape index (κ3) is 7.82. The summed E-state index contributed by atoms with van der Waals surface area (Å²) in [6, 6.07) is 4.58. The molecule has 3 N–H and O–H groups in total. The number of carboxylic acids is 1. The number of ether oxygens (including phenoxy) is 1. The third-order valence-electron chi connectivity index (χ3n) is 1.35. The monoisotopic (exact) mass is 282 g/mol. The molecule has 0 atom stereocenters. The van der Waals surface area contributed by atoms with E-state index in [4.69, 9.17) is 43.3 Å². The number of aliphatic hydroxyl groups excluding tert-OH is 2. The highest BCUT2D eigenvalue weighted by molar-refractivity contribution is 6.35. The number of aliphatic hydroxyl groups is 2. The lowest BCUT2D eigenvalue weighted by molar-refractivity contribution is -0.139. The SMILES string of the molecule is O=C(O)COc1ccc(Cl)cc1Cl.OCCO. The van der Waals surface area contributed by atoms with Gasteiger partial charge < -0.3 is 20.1 Å². The predicted molar refractivity (Wildman–Crippen MR) is 63.8 cm³/mol. The van der Waals surface area contributed by atoms with Gasteiger partial charge in [-0.05, 0) is 18.2 Å². The predicted octanol–water partition coefficient (Wildman–Crippen LogP) is 1.43. The molecule has 1 aromatic carbocycles. The molecule has 0 fully saturated rings. The Labute approximate surface area is 108 Å². The van der Waals surface area contributed by atoms with Crippen LogP contribution in [0.5, 0.6) is 5.75 Å². The Morgan fingerprint density at radius 3 is 2.24 bits per heavy atom. The fourth-order valence-electron chi connectivity index (χ4n) is 0.732. The Balaban J connectivity index is 0.000000557. The minimum atomic E-state index is -1.05. The van der Waals surface area contributed by atoms with Crippen LogP contribution in [0, 0.1) is 0 Å². The first-order chi connectivity index (χ1) is 8.01. The molecule has 17 heavy (non-hydrogen) atoms. The molecule has 0 unspecified atom stereocenters. The Hall–Kier alpha value is -1.01. The Morgan fingerprint density at radius 2 is 1.82 bits per heavy atom. The zero-order chi connectivity index (χ0) is 13.3. The number of carbonyl (C=O) groups is 1. The highest BCUT2D eigenvalue weighted by Crippen LogP contribution is 2.27. The molecule has 5 nitrogen and oxygen atoms in total. The Morgan fingerprint density at radius 1 is 1.24 bits per heavy atom. The van der Waals surface area contributed by atoms with Crippen molar-refractivity contribution in [2.75, 3.05) is 19.8 Å². The van der Waals surface area contributed by atoms with E-state index in [1.54, 1.807) is 6.07 Å². The van der Waals surface area contributed by atoms with Gasteiger partial charge in [-0.15, -0.1) is 0 Å². The third-order valence-corrected chi connectivity index (χ3v) is 1.88. The molecular formula is C10H12Cl2O5. The van der Waals surface area contributed by atoms with Crippen molar-refractivity contribution < 1.29 is 24.9 Å². The maximum atomic E-state index is 10.2. The van der Waals surface area contributed by atoms with Crippen molar-refractivity contribution in [3.05, 3.63) is 28.2 Å². The second-order valence-electron chi connectivity index (χ2n) is 2.70. The van der Waals surface area contributed by atoms with Gasteiger partial charge in [0.1, 0.15) is 5.75 Å². The Bertz CT molecular complexity index is 355. The van der Waals surface area contributed by atoms with E-state index in [1.165, 1.54) is 12.1 Å². The minimum Gasteiger partial charge on any atom is -0.480 e. The maximum absolute atomic E-state index is 10.2. The van der Waals surface area contributed by atoms with E-state index >= 15 is 0 Å². The van der Waals surface area contributed by atoms with Crippen LogP contribution in [0.2, 0.25) is 10.0 Å². The smallest absolute Gasteiger partial charge is 0.341 e. The molecule has 0 aliphatic carbocycles. The van der Waals surface area contributed by atoms with Crippen LogP contribution in [-0.2, 0) is 4.79 Å². The molecule has 0 heterocycles. The van der Waals surface area contributed by atoms with Crippen molar-refractivity contribution >= 4 is 29.2 Å². The highest BCUT2D eigenvalue weighted by atomic mass is 35.5. The normalized spacial score (nSPS) is 9.18. The van der Waals surface area contributed by atoms with Crippen LogP contribution in [0.4, 0.5) is 0 Å². The minimum absolute atomic E-state index is 0.125. The molecule has 0 radical (unpaired) electrons. The number of hydrogen-bond acceptors (Lipinski definition) is 4. The van der Waals surface area contributed by atoms with Crippen LogP contribution in [0.15, 0.2) is 18.2 Å². The van der Waals surface area contributed by atoms with Crippen molar-refractivity contribution in [3.8, 4) is 5.75 Å². The van der Waals surface area contributed by atoms with Crippen LogP contribution in [0.1, 0.15) is 0 Å². The van der Waals surface area contributed by atoms with E-state index in [1.807, 2.05) is 0 Å². The average Bonchev–Trinajstić information content (AvgIpc) is 2.28. The first-order valence-electron chi connectivity index (χ1n) is 4.52. The van der Waals surface area contributed by atoms with Crippen molar-refractivity contribution in [2.24, 2.45) is 0 Å². The van der Waals surface area contributed by atoms with Crippen molar-refractivity contribution in [1.82, 2.24) is 0 Å². The molecule has 0 saturated heterocycles. The lowest BCUT2D eigenvalue weighted by atomic mass is 10.3. The van der Waals surface area contributed by atoms with E-state index < -0.39 is 12.6 Å². The topological polar surface area (TPSA) is 87.0 Å². The summed E-state index contributed by atoms with van der Waals surface area (Å²) >= 11 is 11.3. The van der Waals surface area contributed by atoms with Gasteiger partial charge in [-0.3, -0.25) is 0 Å². The van der Waals surface area contributed by atoms with Crippen LogP contribution >= 0.6 is 23.2 Å². The van der Waals surface area contributed by atoms with Gasteiger partial charge in [-0.25, -0.2) is 4.79 Å². The molecular weight excluding hydrogens is 271 g/mol. The fraction of sp³-hybridized carbons (Fsp3) is 0.300. The van der Waals surface area contributed by atoms with Crippen LogP contribution in [-0.4, -0.2) is 41.1 Å². The summed E-state index contributed by atoms with van der Waals surface area (Å²) in [5.41, 5.74) is 0. The summed E-state index contributed by atoms with van der Waals surface area (Å²) in [5, 5.41) is 24.4. The van der Waals surface area contributed by atoms with E-state index in [9.17, 15) is 4.79 Å². The number of benzene rings is 1. The summed E-state index contributed by atoms with van der Waals surface area (Å²) in [6.45, 7) is -0.665. The molecule has 7 heteroatoms. The molecule has 0 aliphatic heterocycles. The van der Waals surface area contributed by atoms with E-state index in [0.717, 1.165) is 0 Å². The van der Waals surface area contributed by atoms with Gasteiger partial charge in [0.2, 0.25) is 0 Å². The molecule has 0 aromatic heterocycles. The average molecular weight is 283 g/mol. The van der Waals surface area contributed by atoms with Crippen molar-refractivity contribution in [2.45, 2.75) is 0 Å². The maximum Gasteiger partial charge on any atom is 0.341 e. The number of rotatable bonds is 4. The van der Waals surface area contributed by atoms with Gasteiger partial charge in [0.05, 0.1) is 18.2 Å². The lowest BCUT2D eigenvalue weighted by Gasteiger charge is -2.04. The van der Waals surface area contributed by atoms with E-state index in [0.29, 0.717) is 15.8 Å². The number of carboxylic acid groups (broad SMARTS) is 1. The number of aliphatic carboxylic acids is 1. The number of hydrogen-bond donors (Lipinski definition) is 3. The first-order valence-corrected chi connectivity index (χ1v) is 5.28. The standard InChI is InChI=1S/C8H6Cl2O3.C2H6O2/c9-5-1-2-7(6(10)3-5)13-4-8(11)12;3-1-2-4/h1-3H,4H2,(H,11,12);3-4H,1-2H2. The van der Waals surface area contributed by atoms with Crippen LogP contribution < -0.4 is 4.74 Å². The molecule has 0 aliphatic rings. The second-order valence-corrected chi connectivity index (χ2v) is 3.55.